The number of hydrogen-bond donors (Lipinski definition) is 3. The molecule has 4 rings (SSSR count). The van der Waals surface area contributed by atoms with Crippen molar-refractivity contribution in [3.8, 4) is 5.75 Å². The van der Waals surface area contributed by atoms with Gasteiger partial charge in [-0.05, 0) is 55.3 Å². The van der Waals surface area contributed by atoms with E-state index in [1.165, 1.54) is 11.6 Å². The number of phenols is 1. The number of H-pyrrole nitrogens is 1. The largest absolute Gasteiger partial charge is 0.504 e. The molecule has 0 radical (unpaired) electrons. The lowest BCUT2D eigenvalue weighted by molar-refractivity contribution is 0.254. The van der Waals surface area contributed by atoms with E-state index in [1.54, 1.807) is 18.2 Å². The predicted molar refractivity (Wildman–Crippen MR) is 108 cm³/mol. The van der Waals surface area contributed by atoms with E-state index in [0.717, 1.165) is 62.2 Å². The number of fused-ring (bicyclic) bond motifs is 1. The second kappa shape index (κ2) is 7.48. The molecule has 27 heavy (non-hydrogen) atoms. The number of aromatic amines is 1. The highest BCUT2D eigenvalue weighted by atomic mass is 19.1. The quantitative estimate of drug-likeness (QED) is 0.477. The van der Waals surface area contributed by atoms with Crippen molar-refractivity contribution in [2.45, 2.75) is 12.8 Å². The molecule has 0 aliphatic carbocycles. The van der Waals surface area contributed by atoms with Crippen molar-refractivity contribution in [1.29, 1.82) is 0 Å². The molecule has 2 aromatic carbocycles. The maximum atomic E-state index is 13.5. The number of rotatable bonds is 5. The first-order valence-corrected chi connectivity index (χ1v) is 9.42. The van der Waals surface area contributed by atoms with Crippen LogP contribution in [0.5, 0.6) is 5.75 Å². The standard InChI is InChI=1S/C21H25FN4O/c22-16-6-7-19-17(13-16)15(14-24-19)3-2-8-25-9-11-26(12-10-25)20-5-1-4-18(23)21(20)27/h1,4-7,13-14,24,27H,2-3,8-12,23H2. The van der Waals surface area contributed by atoms with Crippen LogP contribution < -0.4 is 10.6 Å². The molecule has 0 bridgehead atoms. The van der Waals surface area contributed by atoms with Crippen molar-refractivity contribution in [2.24, 2.45) is 0 Å². The van der Waals surface area contributed by atoms with Crippen molar-refractivity contribution < 1.29 is 9.50 Å². The second-order valence-electron chi connectivity index (χ2n) is 7.15. The van der Waals surface area contributed by atoms with E-state index in [1.807, 2.05) is 18.3 Å². The van der Waals surface area contributed by atoms with Gasteiger partial charge in [0.2, 0.25) is 0 Å². The molecule has 0 spiro atoms. The minimum Gasteiger partial charge on any atom is -0.504 e. The van der Waals surface area contributed by atoms with E-state index < -0.39 is 0 Å². The number of aryl methyl sites for hydroxylation is 1. The van der Waals surface area contributed by atoms with Crippen LogP contribution in [0, 0.1) is 5.82 Å². The molecule has 0 saturated carbocycles. The number of aromatic hydroxyl groups is 1. The Balaban J connectivity index is 1.29. The van der Waals surface area contributed by atoms with Gasteiger partial charge < -0.3 is 20.7 Å². The summed E-state index contributed by atoms with van der Waals surface area (Å²) in [7, 11) is 0. The van der Waals surface area contributed by atoms with Crippen LogP contribution in [-0.4, -0.2) is 47.7 Å². The number of nitrogens with zero attached hydrogens (tertiary/aromatic N) is 2. The third kappa shape index (κ3) is 3.71. The molecule has 1 aromatic heterocycles. The molecular weight excluding hydrogens is 343 g/mol. The molecule has 0 atom stereocenters. The number of nitrogens with two attached hydrogens (primary N) is 1. The minimum absolute atomic E-state index is 0.178. The molecule has 5 nitrogen and oxygen atoms in total. The van der Waals surface area contributed by atoms with Crippen LogP contribution in [-0.2, 0) is 6.42 Å². The van der Waals surface area contributed by atoms with Gasteiger partial charge in [-0.25, -0.2) is 4.39 Å². The van der Waals surface area contributed by atoms with E-state index in [2.05, 4.69) is 14.8 Å². The van der Waals surface area contributed by atoms with Gasteiger partial charge in [0.25, 0.3) is 0 Å². The van der Waals surface area contributed by atoms with E-state index >= 15 is 0 Å². The third-order valence-corrected chi connectivity index (χ3v) is 5.41. The van der Waals surface area contributed by atoms with Gasteiger partial charge in [0.1, 0.15) is 5.82 Å². The molecule has 3 aromatic rings. The summed E-state index contributed by atoms with van der Waals surface area (Å²) in [6, 6.07) is 10.4. The van der Waals surface area contributed by atoms with Gasteiger partial charge in [0.15, 0.2) is 5.75 Å². The first-order chi connectivity index (χ1) is 13.1. The Kier molecular flexibility index (Phi) is 4.90. The maximum Gasteiger partial charge on any atom is 0.162 e. The summed E-state index contributed by atoms with van der Waals surface area (Å²) >= 11 is 0. The van der Waals surface area contributed by atoms with Gasteiger partial charge >= 0.3 is 0 Å². The van der Waals surface area contributed by atoms with E-state index in [4.69, 9.17) is 5.73 Å². The molecular formula is C21H25FN4O. The van der Waals surface area contributed by atoms with Crippen LogP contribution in [0.15, 0.2) is 42.6 Å². The summed E-state index contributed by atoms with van der Waals surface area (Å²) in [6.07, 6.45) is 3.96. The normalized spacial score (nSPS) is 15.5. The van der Waals surface area contributed by atoms with E-state index in [9.17, 15) is 9.50 Å². The molecule has 6 heteroatoms. The van der Waals surface area contributed by atoms with Gasteiger partial charge in [-0.3, -0.25) is 4.90 Å². The maximum absolute atomic E-state index is 13.5. The average Bonchev–Trinajstić information content (AvgIpc) is 3.07. The number of phenolic OH excluding ortho intramolecular Hbond substituents is 1. The van der Waals surface area contributed by atoms with Gasteiger partial charge in [-0.1, -0.05) is 6.07 Å². The number of para-hydroxylation sites is 1. The predicted octanol–water partition coefficient (Wildman–Crippen LogP) is 3.35. The van der Waals surface area contributed by atoms with Crippen molar-refractivity contribution >= 4 is 22.3 Å². The fourth-order valence-electron chi connectivity index (χ4n) is 3.87. The van der Waals surface area contributed by atoms with Gasteiger partial charge in [-0.2, -0.15) is 0 Å². The molecule has 1 saturated heterocycles. The Morgan fingerprint density at radius 1 is 1.11 bits per heavy atom. The zero-order valence-electron chi connectivity index (χ0n) is 15.3. The van der Waals surface area contributed by atoms with Gasteiger partial charge in [0.05, 0.1) is 11.4 Å². The van der Waals surface area contributed by atoms with Crippen LogP contribution in [0.3, 0.4) is 0 Å². The number of aromatic nitrogens is 1. The highest BCUT2D eigenvalue weighted by molar-refractivity contribution is 5.83. The van der Waals surface area contributed by atoms with E-state index in [-0.39, 0.29) is 11.6 Å². The van der Waals surface area contributed by atoms with E-state index in [0.29, 0.717) is 5.69 Å². The first kappa shape index (κ1) is 17.7. The molecule has 0 unspecified atom stereocenters. The summed E-state index contributed by atoms with van der Waals surface area (Å²) < 4.78 is 13.5. The van der Waals surface area contributed by atoms with Crippen molar-refractivity contribution in [3.63, 3.8) is 0 Å². The molecule has 1 aliphatic rings. The summed E-state index contributed by atoms with van der Waals surface area (Å²) in [4.78, 5) is 7.84. The van der Waals surface area contributed by atoms with Crippen molar-refractivity contribution in [2.75, 3.05) is 43.4 Å². The molecule has 1 aliphatic heterocycles. The Labute approximate surface area is 158 Å². The number of nitrogens with one attached hydrogen (secondary N) is 1. The fourth-order valence-corrected chi connectivity index (χ4v) is 3.87. The Morgan fingerprint density at radius 2 is 1.93 bits per heavy atom. The number of hydrogen-bond acceptors (Lipinski definition) is 4. The summed E-state index contributed by atoms with van der Waals surface area (Å²) in [5.74, 6) is -0.0122. The van der Waals surface area contributed by atoms with Crippen molar-refractivity contribution in [1.82, 2.24) is 9.88 Å². The Bertz CT molecular complexity index is 931. The minimum atomic E-state index is -0.190. The second-order valence-corrected chi connectivity index (χ2v) is 7.15. The third-order valence-electron chi connectivity index (χ3n) is 5.41. The number of piperazine rings is 1. The highest BCUT2D eigenvalue weighted by Crippen LogP contribution is 2.33. The van der Waals surface area contributed by atoms with Crippen LogP contribution in [0.2, 0.25) is 0 Å². The lowest BCUT2D eigenvalue weighted by atomic mass is 10.1. The average molecular weight is 368 g/mol. The number of anilines is 2. The number of benzene rings is 2. The lowest BCUT2D eigenvalue weighted by Gasteiger charge is -2.36. The highest BCUT2D eigenvalue weighted by Gasteiger charge is 2.19. The van der Waals surface area contributed by atoms with Crippen LogP contribution in [0.4, 0.5) is 15.8 Å². The fraction of sp³-hybridized carbons (Fsp3) is 0.333. The molecule has 1 fully saturated rings. The van der Waals surface area contributed by atoms with Crippen LogP contribution in [0.25, 0.3) is 10.9 Å². The lowest BCUT2D eigenvalue weighted by Crippen LogP contribution is -2.46. The number of halogens is 1. The topological polar surface area (TPSA) is 68.5 Å². The van der Waals surface area contributed by atoms with Crippen molar-refractivity contribution in [3.05, 3.63) is 54.0 Å². The van der Waals surface area contributed by atoms with Gasteiger partial charge in [-0.15, -0.1) is 0 Å². The summed E-state index contributed by atoms with van der Waals surface area (Å²) in [5.41, 5.74) is 9.20. The zero-order chi connectivity index (χ0) is 18.8. The Hall–Kier alpha value is -2.73. The summed E-state index contributed by atoms with van der Waals surface area (Å²) in [5, 5.41) is 11.1. The molecule has 142 valence electrons. The van der Waals surface area contributed by atoms with Crippen LogP contribution in [0.1, 0.15) is 12.0 Å². The number of nitrogen functional groups attached to an aromatic ring is 1. The molecule has 4 N–H and O–H groups in total. The summed E-state index contributed by atoms with van der Waals surface area (Å²) in [6.45, 7) is 4.66. The molecule has 0 amide bonds. The smallest absolute Gasteiger partial charge is 0.162 e. The monoisotopic (exact) mass is 368 g/mol. The van der Waals surface area contributed by atoms with Gasteiger partial charge in [0, 0.05) is 43.3 Å². The zero-order valence-corrected chi connectivity index (χ0v) is 15.3. The Morgan fingerprint density at radius 3 is 2.74 bits per heavy atom. The first-order valence-electron chi connectivity index (χ1n) is 9.42. The molecule has 2 heterocycles. The SMILES string of the molecule is Nc1cccc(N2CCN(CCCc3c[nH]c4ccc(F)cc34)CC2)c1O. The van der Waals surface area contributed by atoms with Crippen LogP contribution >= 0.6 is 0 Å².